The first-order valence-electron chi connectivity index (χ1n) is 5.74. The fraction of sp³-hybridized carbons (Fsp3) is 0. The number of aromatic carboxylic acids is 1. The van der Waals surface area contributed by atoms with Crippen molar-refractivity contribution in [1.82, 2.24) is 20.4 Å². The lowest BCUT2D eigenvalue weighted by Gasteiger charge is -1.88. The maximum Gasteiger partial charge on any atom is 0.335 e. The van der Waals surface area contributed by atoms with E-state index in [2.05, 4.69) is 20.4 Å². The lowest BCUT2D eigenvalue weighted by atomic mass is 10.2. The summed E-state index contributed by atoms with van der Waals surface area (Å²) >= 11 is 0. The highest BCUT2D eigenvalue weighted by molar-refractivity contribution is 5.87. The standard InChI is InChI=1S/C7H6O2.C5H5N.C2H3N3/c8-7(9)6-4-2-1-3-5-6;1-2-4-6-5-3-1;1-2-4-5-3-1/h1-5H,(H,8,9);1-5H;1-2H,(H,3,4,5). The molecule has 2 N–H and O–H groups in total. The van der Waals surface area contributed by atoms with Crippen molar-refractivity contribution < 1.29 is 9.90 Å². The van der Waals surface area contributed by atoms with E-state index in [4.69, 9.17) is 5.11 Å². The van der Waals surface area contributed by atoms with Crippen molar-refractivity contribution in [2.24, 2.45) is 0 Å². The smallest absolute Gasteiger partial charge is 0.335 e. The van der Waals surface area contributed by atoms with E-state index in [9.17, 15) is 4.79 Å². The SMILES string of the molecule is O=C(O)c1ccccc1.c1c[nH]nn1.c1ccncc1. The van der Waals surface area contributed by atoms with Crippen LogP contribution < -0.4 is 0 Å². The molecule has 0 saturated heterocycles. The van der Waals surface area contributed by atoms with E-state index in [-0.39, 0.29) is 0 Å². The van der Waals surface area contributed by atoms with Gasteiger partial charge in [-0.05, 0) is 24.3 Å². The van der Waals surface area contributed by atoms with Gasteiger partial charge in [-0.15, -0.1) is 5.10 Å². The van der Waals surface area contributed by atoms with Gasteiger partial charge < -0.3 is 5.11 Å². The molecule has 0 aliphatic rings. The molecule has 6 nitrogen and oxygen atoms in total. The lowest BCUT2D eigenvalue weighted by molar-refractivity contribution is 0.0697. The molecular weight excluding hydrogens is 256 g/mol. The number of carboxylic acids is 1. The highest BCUT2D eigenvalue weighted by Crippen LogP contribution is 1.96. The first kappa shape index (κ1) is 15.0. The van der Waals surface area contributed by atoms with E-state index in [0.29, 0.717) is 5.56 Å². The van der Waals surface area contributed by atoms with Crippen LogP contribution in [-0.2, 0) is 0 Å². The molecule has 6 heteroatoms. The molecule has 0 unspecified atom stereocenters. The normalized spacial score (nSPS) is 8.40. The Balaban J connectivity index is 0.000000158. The summed E-state index contributed by atoms with van der Waals surface area (Å²) in [6.07, 6.45) is 6.74. The number of pyridine rings is 1. The number of hydrogen-bond acceptors (Lipinski definition) is 4. The highest BCUT2D eigenvalue weighted by atomic mass is 16.4. The van der Waals surface area contributed by atoms with Gasteiger partial charge in [-0.1, -0.05) is 29.5 Å². The predicted octanol–water partition coefficient (Wildman–Crippen LogP) is 2.27. The van der Waals surface area contributed by atoms with Crippen LogP contribution in [0, 0.1) is 0 Å². The van der Waals surface area contributed by atoms with Crippen molar-refractivity contribution in [3.63, 3.8) is 0 Å². The third-order valence-electron chi connectivity index (χ3n) is 1.92. The summed E-state index contributed by atoms with van der Waals surface area (Å²) in [6, 6.07) is 14.0. The average Bonchev–Trinajstić information content (AvgIpc) is 3.10. The van der Waals surface area contributed by atoms with E-state index < -0.39 is 5.97 Å². The maximum atomic E-state index is 10.2. The number of aromatic nitrogens is 4. The Labute approximate surface area is 116 Å². The molecular formula is C14H14N4O2. The summed E-state index contributed by atoms with van der Waals surface area (Å²) in [6.45, 7) is 0. The van der Waals surface area contributed by atoms with Gasteiger partial charge in [-0.2, -0.15) is 0 Å². The molecule has 1 aromatic carbocycles. The summed E-state index contributed by atoms with van der Waals surface area (Å²) in [5.74, 6) is -0.879. The molecule has 0 aliphatic carbocycles. The van der Waals surface area contributed by atoms with E-state index in [1.807, 2.05) is 18.2 Å². The van der Waals surface area contributed by atoms with Crippen molar-refractivity contribution in [3.8, 4) is 0 Å². The molecule has 0 amide bonds. The predicted molar refractivity (Wildman–Crippen MR) is 74.0 cm³/mol. The summed E-state index contributed by atoms with van der Waals surface area (Å²) in [5.41, 5.74) is 0.331. The number of H-pyrrole nitrogens is 1. The molecule has 0 saturated carbocycles. The van der Waals surface area contributed by atoms with Crippen molar-refractivity contribution in [1.29, 1.82) is 0 Å². The zero-order valence-corrected chi connectivity index (χ0v) is 10.6. The van der Waals surface area contributed by atoms with Crippen LogP contribution in [-0.4, -0.2) is 31.5 Å². The molecule has 0 spiro atoms. The van der Waals surface area contributed by atoms with Crippen LogP contribution in [0.2, 0.25) is 0 Å². The summed E-state index contributed by atoms with van der Waals surface area (Å²) in [5, 5.41) is 17.6. The number of nitrogens with one attached hydrogen (secondary N) is 1. The van der Waals surface area contributed by atoms with Crippen molar-refractivity contribution in [2.75, 3.05) is 0 Å². The van der Waals surface area contributed by atoms with Crippen LogP contribution >= 0.6 is 0 Å². The van der Waals surface area contributed by atoms with Gasteiger partial charge >= 0.3 is 5.97 Å². The number of nitrogens with zero attached hydrogens (tertiary/aromatic N) is 3. The number of rotatable bonds is 1. The lowest BCUT2D eigenvalue weighted by Crippen LogP contribution is -1.93. The van der Waals surface area contributed by atoms with E-state index in [1.165, 1.54) is 0 Å². The minimum atomic E-state index is -0.879. The fourth-order valence-corrected chi connectivity index (χ4v) is 1.06. The molecule has 0 bridgehead atoms. The molecule has 102 valence electrons. The Morgan fingerprint density at radius 2 is 1.60 bits per heavy atom. The molecule has 0 fully saturated rings. The van der Waals surface area contributed by atoms with Crippen molar-refractivity contribution >= 4 is 5.97 Å². The highest BCUT2D eigenvalue weighted by Gasteiger charge is 1.96. The summed E-state index contributed by atoms with van der Waals surface area (Å²) in [4.78, 5) is 14.0. The van der Waals surface area contributed by atoms with Gasteiger partial charge in [-0.3, -0.25) is 10.1 Å². The largest absolute Gasteiger partial charge is 0.478 e. The van der Waals surface area contributed by atoms with E-state index >= 15 is 0 Å². The molecule has 0 aliphatic heterocycles. The van der Waals surface area contributed by atoms with Crippen LogP contribution in [0.5, 0.6) is 0 Å². The van der Waals surface area contributed by atoms with E-state index in [0.717, 1.165) is 0 Å². The topological polar surface area (TPSA) is 91.8 Å². The first-order chi connectivity index (χ1) is 9.80. The van der Waals surface area contributed by atoms with E-state index in [1.54, 1.807) is 55.1 Å². The molecule has 20 heavy (non-hydrogen) atoms. The zero-order valence-electron chi connectivity index (χ0n) is 10.6. The minimum absolute atomic E-state index is 0.331. The summed E-state index contributed by atoms with van der Waals surface area (Å²) < 4.78 is 0. The maximum absolute atomic E-state index is 10.2. The second-order valence-electron chi connectivity index (χ2n) is 3.36. The van der Waals surface area contributed by atoms with Crippen LogP contribution in [0.25, 0.3) is 0 Å². The quantitative estimate of drug-likeness (QED) is 0.707. The molecule has 3 rings (SSSR count). The Morgan fingerprint density at radius 1 is 0.950 bits per heavy atom. The molecule has 2 heterocycles. The monoisotopic (exact) mass is 270 g/mol. The minimum Gasteiger partial charge on any atom is -0.478 e. The molecule has 2 aromatic heterocycles. The number of carboxylic acid groups (broad SMARTS) is 1. The van der Waals surface area contributed by atoms with Crippen LogP contribution in [0.4, 0.5) is 0 Å². The molecule has 0 radical (unpaired) electrons. The second-order valence-corrected chi connectivity index (χ2v) is 3.36. The Morgan fingerprint density at radius 3 is 1.85 bits per heavy atom. The van der Waals surface area contributed by atoms with Gasteiger partial charge in [0.25, 0.3) is 0 Å². The molecule has 0 atom stereocenters. The van der Waals surface area contributed by atoms with Gasteiger partial charge in [0, 0.05) is 18.6 Å². The van der Waals surface area contributed by atoms with Gasteiger partial charge in [0.15, 0.2) is 0 Å². The van der Waals surface area contributed by atoms with Gasteiger partial charge in [0.05, 0.1) is 11.8 Å². The van der Waals surface area contributed by atoms with Crippen LogP contribution in [0.15, 0.2) is 73.3 Å². The Bertz CT molecular complexity index is 512. The first-order valence-corrected chi connectivity index (χ1v) is 5.74. The number of carbonyl (C=O) groups is 1. The van der Waals surface area contributed by atoms with Gasteiger partial charge in [-0.25, -0.2) is 4.79 Å². The third-order valence-corrected chi connectivity index (χ3v) is 1.92. The third kappa shape index (κ3) is 7.33. The second kappa shape index (κ2) is 9.95. The number of aromatic amines is 1. The average molecular weight is 270 g/mol. The summed E-state index contributed by atoms with van der Waals surface area (Å²) in [7, 11) is 0. The zero-order chi connectivity index (χ0) is 14.5. The fourth-order valence-electron chi connectivity index (χ4n) is 1.06. The molecule has 3 aromatic rings. The van der Waals surface area contributed by atoms with Crippen molar-refractivity contribution in [2.45, 2.75) is 0 Å². The number of benzene rings is 1. The number of hydrogen-bond donors (Lipinski definition) is 2. The van der Waals surface area contributed by atoms with Gasteiger partial charge in [0.1, 0.15) is 0 Å². The Hall–Kier alpha value is -3.02. The van der Waals surface area contributed by atoms with Crippen molar-refractivity contribution in [3.05, 3.63) is 78.9 Å². The van der Waals surface area contributed by atoms with Crippen LogP contribution in [0.3, 0.4) is 0 Å². The Kier molecular flexibility index (Phi) is 7.49. The van der Waals surface area contributed by atoms with Crippen LogP contribution in [0.1, 0.15) is 10.4 Å². The van der Waals surface area contributed by atoms with Gasteiger partial charge in [0.2, 0.25) is 0 Å².